The number of amides is 1. The number of carbonyl (C=O) groups excluding carboxylic acids is 1. The Morgan fingerprint density at radius 1 is 1.44 bits per heavy atom. The standard InChI is InChI=1S/C10H22N2O3S/c1-5-11-9(2)8-10(13)12(3)6-7-16(4,14)15/h9,11H,5-8H2,1-4H3. The molecule has 0 aliphatic carbocycles. The van der Waals surface area contributed by atoms with Crippen molar-refractivity contribution in [1.82, 2.24) is 10.2 Å². The molecule has 16 heavy (non-hydrogen) atoms. The molecule has 0 radical (unpaired) electrons. The van der Waals surface area contributed by atoms with Crippen molar-refractivity contribution in [2.75, 3.05) is 32.1 Å². The van der Waals surface area contributed by atoms with Gasteiger partial charge in [-0.3, -0.25) is 4.79 Å². The first-order chi connectivity index (χ1) is 7.26. The van der Waals surface area contributed by atoms with Crippen LogP contribution in [-0.2, 0) is 14.6 Å². The zero-order valence-electron chi connectivity index (χ0n) is 10.5. The van der Waals surface area contributed by atoms with E-state index in [4.69, 9.17) is 0 Å². The minimum absolute atomic E-state index is 0.0187. The Labute approximate surface area is 98.1 Å². The number of rotatable bonds is 7. The first-order valence-corrected chi connectivity index (χ1v) is 7.47. The predicted molar refractivity (Wildman–Crippen MR) is 65.1 cm³/mol. The number of hydrogen-bond donors (Lipinski definition) is 1. The molecule has 0 rings (SSSR count). The molecule has 5 nitrogen and oxygen atoms in total. The van der Waals surface area contributed by atoms with Gasteiger partial charge in [0.05, 0.1) is 5.75 Å². The number of nitrogens with zero attached hydrogens (tertiary/aromatic N) is 1. The minimum Gasteiger partial charge on any atom is -0.345 e. The Bertz CT molecular complexity index is 314. The Morgan fingerprint density at radius 2 is 2.00 bits per heavy atom. The molecule has 0 aliphatic rings. The molecule has 1 unspecified atom stereocenters. The summed E-state index contributed by atoms with van der Waals surface area (Å²) in [6.07, 6.45) is 1.57. The molecule has 0 saturated carbocycles. The van der Waals surface area contributed by atoms with E-state index < -0.39 is 9.84 Å². The van der Waals surface area contributed by atoms with Gasteiger partial charge in [0.2, 0.25) is 5.91 Å². The van der Waals surface area contributed by atoms with Gasteiger partial charge in [0.1, 0.15) is 9.84 Å². The molecule has 1 amide bonds. The van der Waals surface area contributed by atoms with Gasteiger partial charge in [-0.15, -0.1) is 0 Å². The highest BCUT2D eigenvalue weighted by molar-refractivity contribution is 7.90. The van der Waals surface area contributed by atoms with E-state index in [1.165, 1.54) is 11.2 Å². The first-order valence-electron chi connectivity index (χ1n) is 5.41. The molecule has 0 aliphatic heterocycles. The zero-order chi connectivity index (χ0) is 12.8. The second-order valence-corrected chi connectivity index (χ2v) is 6.37. The highest BCUT2D eigenvalue weighted by Crippen LogP contribution is 1.97. The average Bonchev–Trinajstić information content (AvgIpc) is 2.13. The lowest BCUT2D eigenvalue weighted by atomic mass is 10.2. The van der Waals surface area contributed by atoms with Crippen molar-refractivity contribution < 1.29 is 13.2 Å². The topological polar surface area (TPSA) is 66.5 Å². The molecule has 0 aromatic carbocycles. The molecule has 0 aromatic rings. The third kappa shape index (κ3) is 7.64. The van der Waals surface area contributed by atoms with Crippen LogP contribution >= 0.6 is 0 Å². The molecule has 0 spiro atoms. The summed E-state index contributed by atoms with van der Waals surface area (Å²) in [5.41, 5.74) is 0. The van der Waals surface area contributed by atoms with Crippen LogP contribution in [0.2, 0.25) is 0 Å². The lowest BCUT2D eigenvalue weighted by Crippen LogP contribution is -2.36. The molecule has 0 heterocycles. The Kier molecular flexibility index (Phi) is 6.59. The van der Waals surface area contributed by atoms with Crippen LogP contribution in [0.4, 0.5) is 0 Å². The Morgan fingerprint density at radius 3 is 2.44 bits per heavy atom. The van der Waals surface area contributed by atoms with E-state index in [2.05, 4.69) is 5.32 Å². The summed E-state index contributed by atoms with van der Waals surface area (Å²) in [4.78, 5) is 13.1. The minimum atomic E-state index is -3.00. The smallest absolute Gasteiger partial charge is 0.223 e. The van der Waals surface area contributed by atoms with Crippen molar-refractivity contribution in [3.8, 4) is 0 Å². The second kappa shape index (κ2) is 6.85. The van der Waals surface area contributed by atoms with Gasteiger partial charge in [0.15, 0.2) is 0 Å². The van der Waals surface area contributed by atoms with Crippen LogP contribution in [0.1, 0.15) is 20.3 Å². The number of carbonyl (C=O) groups is 1. The van der Waals surface area contributed by atoms with E-state index >= 15 is 0 Å². The van der Waals surface area contributed by atoms with Crippen molar-refractivity contribution in [2.45, 2.75) is 26.3 Å². The second-order valence-electron chi connectivity index (χ2n) is 4.11. The van der Waals surface area contributed by atoms with E-state index in [0.717, 1.165) is 6.54 Å². The summed E-state index contributed by atoms with van der Waals surface area (Å²) < 4.78 is 21.9. The summed E-state index contributed by atoms with van der Waals surface area (Å²) in [6.45, 7) is 5.00. The van der Waals surface area contributed by atoms with Crippen molar-refractivity contribution in [3.63, 3.8) is 0 Å². The van der Waals surface area contributed by atoms with Crippen molar-refractivity contribution in [2.24, 2.45) is 0 Å². The van der Waals surface area contributed by atoms with Gasteiger partial charge in [0, 0.05) is 32.3 Å². The first kappa shape index (κ1) is 15.4. The van der Waals surface area contributed by atoms with Crippen molar-refractivity contribution >= 4 is 15.7 Å². The molecule has 0 saturated heterocycles. The van der Waals surface area contributed by atoms with Gasteiger partial charge in [-0.1, -0.05) is 6.92 Å². The number of nitrogens with one attached hydrogen (secondary N) is 1. The SMILES string of the molecule is CCNC(C)CC(=O)N(C)CCS(C)(=O)=O. The fourth-order valence-electron chi connectivity index (χ4n) is 1.27. The van der Waals surface area contributed by atoms with Crippen LogP contribution in [0, 0.1) is 0 Å². The largest absolute Gasteiger partial charge is 0.345 e. The molecule has 0 bridgehead atoms. The third-order valence-corrected chi connectivity index (χ3v) is 3.18. The van der Waals surface area contributed by atoms with E-state index in [1.807, 2.05) is 13.8 Å². The van der Waals surface area contributed by atoms with E-state index in [9.17, 15) is 13.2 Å². The van der Waals surface area contributed by atoms with Crippen LogP contribution in [0.15, 0.2) is 0 Å². The Hall–Kier alpha value is -0.620. The van der Waals surface area contributed by atoms with Crippen LogP contribution in [0.5, 0.6) is 0 Å². The predicted octanol–water partition coefficient (Wildman–Crippen LogP) is -0.122. The quantitative estimate of drug-likeness (QED) is 0.684. The normalized spacial score (nSPS) is 13.5. The molecular weight excluding hydrogens is 228 g/mol. The molecule has 0 fully saturated rings. The van der Waals surface area contributed by atoms with E-state index in [0.29, 0.717) is 6.42 Å². The summed E-state index contributed by atoms with van der Waals surface area (Å²) in [7, 11) is -1.37. The average molecular weight is 250 g/mol. The van der Waals surface area contributed by atoms with Gasteiger partial charge in [-0.25, -0.2) is 8.42 Å². The lowest BCUT2D eigenvalue weighted by molar-refractivity contribution is -0.130. The van der Waals surface area contributed by atoms with Crippen LogP contribution in [0.25, 0.3) is 0 Å². The summed E-state index contributed by atoms with van der Waals surface area (Å²) in [6, 6.07) is 0.123. The number of hydrogen-bond acceptors (Lipinski definition) is 4. The maximum Gasteiger partial charge on any atom is 0.223 e. The van der Waals surface area contributed by atoms with Crippen LogP contribution in [-0.4, -0.2) is 57.4 Å². The zero-order valence-corrected chi connectivity index (χ0v) is 11.3. The summed E-state index contributed by atoms with van der Waals surface area (Å²) in [5.74, 6) is -0.0118. The highest BCUT2D eigenvalue weighted by Gasteiger charge is 2.14. The third-order valence-electron chi connectivity index (χ3n) is 2.26. The molecule has 96 valence electrons. The fourth-order valence-corrected chi connectivity index (χ4v) is 1.87. The number of sulfone groups is 1. The van der Waals surface area contributed by atoms with Gasteiger partial charge >= 0.3 is 0 Å². The van der Waals surface area contributed by atoms with Gasteiger partial charge in [0.25, 0.3) is 0 Å². The van der Waals surface area contributed by atoms with Crippen molar-refractivity contribution in [1.29, 1.82) is 0 Å². The van der Waals surface area contributed by atoms with Crippen LogP contribution < -0.4 is 5.32 Å². The molecular formula is C10H22N2O3S. The molecule has 1 N–H and O–H groups in total. The summed E-state index contributed by atoms with van der Waals surface area (Å²) >= 11 is 0. The molecule has 0 aromatic heterocycles. The van der Waals surface area contributed by atoms with Gasteiger partial charge in [-0.05, 0) is 13.5 Å². The Balaban J connectivity index is 4.00. The highest BCUT2D eigenvalue weighted by atomic mass is 32.2. The maximum absolute atomic E-state index is 11.6. The molecule has 6 heteroatoms. The van der Waals surface area contributed by atoms with Crippen molar-refractivity contribution in [3.05, 3.63) is 0 Å². The molecule has 1 atom stereocenters. The lowest BCUT2D eigenvalue weighted by Gasteiger charge is -2.19. The maximum atomic E-state index is 11.6. The summed E-state index contributed by atoms with van der Waals surface area (Å²) in [5, 5.41) is 3.14. The van der Waals surface area contributed by atoms with E-state index in [1.54, 1.807) is 7.05 Å². The van der Waals surface area contributed by atoms with Crippen LogP contribution in [0.3, 0.4) is 0 Å². The van der Waals surface area contributed by atoms with E-state index in [-0.39, 0.29) is 24.2 Å². The van der Waals surface area contributed by atoms with Gasteiger partial charge < -0.3 is 10.2 Å². The van der Waals surface area contributed by atoms with Gasteiger partial charge in [-0.2, -0.15) is 0 Å². The monoisotopic (exact) mass is 250 g/mol. The fraction of sp³-hybridized carbons (Fsp3) is 0.900.